The van der Waals surface area contributed by atoms with Gasteiger partial charge in [-0.2, -0.15) is 5.10 Å². The Hall–Kier alpha value is -2.37. The van der Waals surface area contributed by atoms with Crippen molar-refractivity contribution < 1.29 is 9.53 Å². The molecule has 2 aromatic rings. The van der Waals surface area contributed by atoms with Crippen LogP contribution in [-0.4, -0.2) is 27.7 Å². The number of aromatic nitrogens is 3. The third-order valence-electron chi connectivity index (χ3n) is 2.70. The molecule has 2 rings (SSSR count). The fourth-order valence-corrected chi connectivity index (χ4v) is 1.79. The summed E-state index contributed by atoms with van der Waals surface area (Å²) in [4.78, 5) is 16.5. The van der Waals surface area contributed by atoms with Crippen LogP contribution >= 0.6 is 0 Å². The molecule has 2 N–H and O–H groups in total. The number of nitrogen functional groups attached to an aromatic ring is 1. The van der Waals surface area contributed by atoms with Crippen LogP contribution in [-0.2, 0) is 6.54 Å². The second-order valence-corrected chi connectivity index (χ2v) is 4.09. The lowest BCUT2D eigenvalue weighted by Gasteiger charge is -2.07. The number of hydrogen-bond donors (Lipinski definition) is 1. The van der Waals surface area contributed by atoms with Crippen LogP contribution in [0.5, 0.6) is 5.75 Å². The lowest BCUT2D eigenvalue weighted by Crippen LogP contribution is -2.13. The van der Waals surface area contributed by atoms with E-state index in [0.717, 1.165) is 6.42 Å². The average molecular weight is 260 g/mol. The molecule has 0 fully saturated rings. The number of anilines is 1. The summed E-state index contributed by atoms with van der Waals surface area (Å²) in [5.74, 6) is 0.236. The Balaban J connectivity index is 2.42. The van der Waals surface area contributed by atoms with E-state index in [1.165, 1.54) is 13.3 Å². The first-order chi connectivity index (χ1) is 9.17. The van der Waals surface area contributed by atoms with Crippen LogP contribution in [0.4, 0.5) is 5.69 Å². The molecule has 0 unspecified atom stereocenters. The van der Waals surface area contributed by atoms with E-state index in [4.69, 9.17) is 10.5 Å². The van der Waals surface area contributed by atoms with Crippen molar-refractivity contribution in [2.45, 2.75) is 19.9 Å². The van der Waals surface area contributed by atoms with Crippen LogP contribution in [0, 0.1) is 0 Å². The van der Waals surface area contributed by atoms with Crippen LogP contribution in [0.1, 0.15) is 29.5 Å². The molecule has 0 aliphatic rings. The lowest BCUT2D eigenvalue weighted by molar-refractivity contribution is 0.102. The third kappa shape index (κ3) is 2.57. The maximum absolute atomic E-state index is 12.4. The van der Waals surface area contributed by atoms with Crippen molar-refractivity contribution in [1.29, 1.82) is 0 Å². The SMILES string of the molecule is CCCn1ncc(OC)c1C(=O)c1ccc(N)cn1. The molecule has 19 heavy (non-hydrogen) atoms. The largest absolute Gasteiger partial charge is 0.493 e. The van der Waals surface area contributed by atoms with Gasteiger partial charge in [0.15, 0.2) is 11.4 Å². The quantitative estimate of drug-likeness (QED) is 0.824. The van der Waals surface area contributed by atoms with Gasteiger partial charge in [-0.1, -0.05) is 6.92 Å². The highest BCUT2D eigenvalue weighted by Crippen LogP contribution is 2.21. The highest BCUT2D eigenvalue weighted by molar-refractivity contribution is 6.08. The second-order valence-electron chi connectivity index (χ2n) is 4.09. The highest BCUT2D eigenvalue weighted by Gasteiger charge is 2.21. The number of nitrogens with two attached hydrogens (primary N) is 1. The molecular formula is C13H16N4O2. The molecule has 0 saturated heterocycles. The zero-order valence-electron chi connectivity index (χ0n) is 11.0. The van der Waals surface area contributed by atoms with Crippen LogP contribution in [0.2, 0.25) is 0 Å². The molecular weight excluding hydrogens is 244 g/mol. The summed E-state index contributed by atoms with van der Waals surface area (Å²) < 4.78 is 6.82. The Morgan fingerprint density at radius 1 is 1.42 bits per heavy atom. The van der Waals surface area contributed by atoms with Crippen LogP contribution in [0.25, 0.3) is 0 Å². The molecule has 6 heteroatoms. The summed E-state index contributed by atoms with van der Waals surface area (Å²) in [6, 6.07) is 3.24. The normalized spacial score (nSPS) is 10.4. The summed E-state index contributed by atoms with van der Waals surface area (Å²) in [6.07, 6.45) is 3.88. The zero-order valence-corrected chi connectivity index (χ0v) is 11.0. The topological polar surface area (TPSA) is 83.0 Å². The number of pyridine rings is 1. The first kappa shape index (κ1) is 13.1. The number of ketones is 1. The summed E-state index contributed by atoms with van der Waals surface area (Å²) in [7, 11) is 1.51. The Kier molecular flexibility index (Phi) is 3.79. The molecule has 0 saturated carbocycles. The van der Waals surface area contributed by atoms with Gasteiger partial charge in [0.1, 0.15) is 5.69 Å². The number of carbonyl (C=O) groups is 1. The van der Waals surface area contributed by atoms with E-state index >= 15 is 0 Å². The summed E-state index contributed by atoms with van der Waals surface area (Å²) >= 11 is 0. The fraction of sp³-hybridized carbons (Fsp3) is 0.308. The Morgan fingerprint density at radius 2 is 2.21 bits per heavy atom. The number of rotatable bonds is 5. The summed E-state index contributed by atoms with van der Waals surface area (Å²) in [5, 5.41) is 4.16. The second kappa shape index (κ2) is 5.51. The highest BCUT2D eigenvalue weighted by atomic mass is 16.5. The van der Waals surface area contributed by atoms with E-state index in [-0.39, 0.29) is 5.78 Å². The van der Waals surface area contributed by atoms with Crippen molar-refractivity contribution in [3.63, 3.8) is 0 Å². The lowest BCUT2D eigenvalue weighted by atomic mass is 10.2. The van der Waals surface area contributed by atoms with Gasteiger partial charge in [-0.05, 0) is 18.6 Å². The summed E-state index contributed by atoms with van der Waals surface area (Å²) in [6.45, 7) is 2.67. The first-order valence-electron chi connectivity index (χ1n) is 6.03. The van der Waals surface area contributed by atoms with Gasteiger partial charge in [-0.15, -0.1) is 0 Å². The molecule has 0 spiro atoms. The van der Waals surface area contributed by atoms with E-state index in [1.54, 1.807) is 23.0 Å². The van der Waals surface area contributed by atoms with Gasteiger partial charge >= 0.3 is 0 Å². The molecule has 2 heterocycles. The van der Waals surface area contributed by atoms with E-state index in [1.807, 2.05) is 6.92 Å². The first-order valence-corrected chi connectivity index (χ1v) is 6.03. The standard InChI is InChI=1S/C13H16N4O2/c1-3-6-17-12(11(19-2)8-16-17)13(18)10-5-4-9(14)7-15-10/h4-5,7-8H,3,6,14H2,1-2H3. The number of aryl methyl sites for hydroxylation is 1. The molecule has 0 amide bonds. The number of ether oxygens (including phenoxy) is 1. The number of nitrogens with zero attached hydrogens (tertiary/aromatic N) is 3. The molecule has 0 bridgehead atoms. The van der Waals surface area contributed by atoms with Crippen LogP contribution in [0.3, 0.4) is 0 Å². The van der Waals surface area contributed by atoms with Crippen molar-refractivity contribution in [2.75, 3.05) is 12.8 Å². The number of hydrogen-bond acceptors (Lipinski definition) is 5. The number of methoxy groups -OCH3 is 1. The van der Waals surface area contributed by atoms with Gasteiger partial charge in [0.05, 0.1) is 25.2 Å². The third-order valence-corrected chi connectivity index (χ3v) is 2.70. The van der Waals surface area contributed by atoms with E-state index < -0.39 is 0 Å². The van der Waals surface area contributed by atoms with E-state index in [2.05, 4.69) is 10.1 Å². The van der Waals surface area contributed by atoms with Gasteiger partial charge in [-0.25, -0.2) is 0 Å². The van der Waals surface area contributed by atoms with Crippen LogP contribution in [0.15, 0.2) is 24.5 Å². The van der Waals surface area contributed by atoms with Crippen molar-refractivity contribution >= 4 is 11.5 Å². The molecule has 0 atom stereocenters. The van der Waals surface area contributed by atoms with E-state index in [9.17, 15) is 4.79 Å². The molecule has 0 aliphatic heterocycles. The van der Waals surface area contributed by atoms with Gasteiger partial charge < -0.3 is 10.5 Å². The molecule has 0 radical (unpaired) electrons. The van der Waals surface area contributed by atoms with Gasteiger partial charge in [0.25, 0.3) is 0 Å². The Bertz CT molecular complexity index is 575. The Labute approximate surface area is 111 Å². The van der Waals surface area contributed by atoms with E-state index in [0.29, 0.717) is 29.4 Å². The van der Waals surface area contributed by atoms with Gasteiger partial charge in [-0.3, -0.25) is 14.5 Å². The molecule has 0 aliphatic carbocycles. The van der Waals surface area contributed by atoms with Gasteiger partial charge in [0, 0.05) is 6.54 Å². The minimum atomic E-state index is -0.220. The predicted molar refractivity (Wildman–Crippen MR) is 71.2 cm³/mol. The average Bonchev–Trinajstić information content (AvgIpc) is 2.82. The van der Waals surface area contributed by atoms with Crippen molar-refractivity contribution in [3.05, 3.63) is 35.9 Å². The molecule has 2 aromatic heterocycles. The predicted octanol–water partition coefficient (Wildman–Crippen LogP) is 1.51. The maximum atomic E-state index is 12.4. The minimum absolute atomic E-state index is 0.220. The van der Waals surface area contributed by atoms with Crippen LogP contribution < -0.4 is 10.5 Å². The minimum Gasteiger partial charge on any atom is -0.493 e. The monoisotopic (exact) mass is 260 g/mol. The molecule has 6 nitrogen and oxygen atoms in total. The van der Waals surface area contributed by atoms with Crippen molar-refractivity contribution in [2.24, 2.45) is 0 Å². The fourth-order valence-electron chi connectivity index (χ4n) is 1.79. The van der Waals surface area contributed by atoms with Crippen molar-refractivity contribution in [1.82, 2.24) is 14.8 Å². The summed E-state index contributed by atoms with van der Waals surface area (Å²) in [5.41, 5.74) is 6.82. The van der Waals surface area contributed by atoms with Crippen molar-refractivity contribution in [3.8, 4) is 5.75 Å². The zero-order chi connectivity index (χ0) is 13.8. The number of carbonyl (C=O) groups excluding carboxylic acids is 1. The molecule has 0 aromatic carbocycles. The maximum Gasteiger partial charge on any atom is 0.233 e. The smallest absolute Gasteiger partial charge is 0.233 e. The molecule has 100 valence electrons. The van der Waals surface area contributed by atoms with Gasteiger partial charge in [0.2, 0.25) is 5.78 Å². The Morgan fingerprint density at radius 3 is 2.79 bits per heavy atom.